The number of aromatic nitrogens is 2. The van der Waals surface area contributed by atoms with Gasteiger partial charge >= 0.3 is 6.09 Å². The molecule has 1 amide bonds. The normalized spacial score (nSPS) is 28.5. The van der Waals surface area contributed by atoms with Crippen LogP contribution in [0.4, 0.5) is 4.79 Å². The second-order valence-corrected chi connectivity index (χ2v) is 21.6. The summed E-state index contributed by atoms with van der Waals surface area (Å²) in [5.41, 5.74) is 1.43. The Kier molecular flexibility index (Phi) is 18.2. The minimum Gasteiger partial charge on any atom is -0.453 e. The van der Waals surface area contributed by atoms with Gasteiger partial charge in [-0.25, -0.2) is 4.79 Å². The maximum Gasteiger partial charge on any atom is 0.411 e. The lowest BCUT2D eigenvalue weighted by Gasteiger charge is -2.51. The van der Waals surface area contributed by atoms with Crippen LogP contribution >= 0.6 is 34.4 Å². The predicted molar refractivity (Wildman–Crippen MR) is 266 cm³/mol. The average Bonchev–Trinajstić information content (AvgIpc) is 3.65. The van der Waals surface area contributed by atoms with Gasteiger partial charge in [-0.15, -0.1) is 27.1 Å². The van der Waals surface area contributed by atoms with Crippen molar-refractivity contribution >= 4 is 94.5 Å². The topological polar surface area (TPSA) is 200 Å². The smallest absolute Gasteiger partial charge is 0.411 e. The quantitative estimate of drug-likeness (QED) is 0.0840. The highest BCUT2D eigenvalue weighted by molar-refractivity contribution is 14.1. The Labute approximate surface area is 409 Å². The average molecular weight is 1080 g/mol. The van der Waals surface area contributed by atoms with Gasteiger partial charge in [0.15, 0.2) is 18.4 Å². The number of Topliss-reactive ketones (excluding diaryl/α,β-unsaturated/α-hetero) is 2. The van der Waals surface area contributed by atoms with Crippen LogP contribution in [0.2, 0.25) is 0 Å². The lowest BCUT2D eigenvalue weighted by atomic mass is 9.82. The molecule has 2 saturated heterocycles. The highest BCUT2D eigenvalue weighted by Gasteiger charge is 2.61. The van der Waals surface area contributed by atoms with Crippen LogP contribution in [0.3, 0.4) is 0 Å². The van der Waals surface area contributed by atoms with Crippen molar-refractivity contribution in [2.45, 2.75) is 107 Å². The number of methoxy groups -OCH3 is 2. The van der Waals surface area contributed by atoms with E-state index in [0.717, 1.165) is 38.7 Å². The number of ketones is 2. The SMILES string of the molecule is CC#C/C=C\C#C[C@H](OC1OC(C)C(SC)(C(=O)c2nccc3c2[nH]c2ccc(I)cc23)C(O)C1OC1CC(OC)C(NC(C)C)CO1)C1=C(NC(=O)OC)C(=O)C[C@H](O)/C1=C/CS(C)=S. The Balaban J connectivity index is 1.50. The van der Waals surface area contributed by atoms with Crippen molar-refractivity contribution in [2.75, 3.05) is 39.1 Å². The van der Waals surface area contributed by atoms with Crippen molar-refractivity contribution in [2.24, 2.45) is 0 Å². The van der Waals surface area contributed by atoms with Crippen molar-refractivity contribution < 1.29 is 53.0 Å². The number of nitrogens with zero attached hydrogens (tertiary/aromatic N) is 1. The number of carbonyl (C=O) groups is 3. The van der Waals surface area contributed by atoms with Crippen LogP contribution in [0.5, 0.6) is 0 Å². The Bertz CT molecular complexity index is 2560. The van der Waals surface area contributed by atoms with Gasteiger partial charge in [-0.2, -0.15) is 0 Å². The summed E-state index contributed by atoms with van der Waals surface area (Å²) in [7, 11) is 2.19. The summed E-state index contributed by atoms with van der Waals surface area (Å²) < 4.78 is 36.6. The van der Waals surface area contributed by atoms with Gasteiger partial charge in [-0.05, 0) is 90.9 Å². The van der Waals surface area contributed by atoms with Crippen molar-refractivity contribution in [1.29, 1.82) is 0 Å². The molecule has 2 fully saturated rings. The Hall–Kier alpha value is -3.55. The number of pyridine rings is 1. The van der Waals surface area contributed by atoms with Gasteiger partial charge in [0.1, 0.15) is 28.8 Å². The zero-order valence-electron chi connectivity index (χ0n) is 37.8. The number of allylic oxidation sites excluding steroid dienone is 3. The Morgan fingerprint density at radius 3 is 2.64 bits per heavy atom. The predicted octanol–water partition coefficient (Wildman–Crippen LogP) is 4.77. The number of ether oxygens (including phenoxy) is 6. The lowest BCUT2D eigenvalue weighted by Crippen LogP contribution is -2.68. The number of aliphatic hydroxyl groups excluding tert-OH is 2. The second kappa shape index (κ2) is 23.2. The molecule has 0 bridgehead atoms. The van der Waals surface area contributed by atoms with Crippen molar-refractivity contribution in [3.63, 3.8) is 0 Å². The number of alkyl carbamates (subject to hydrolysis) is 1. The van der Waals surface area contributed by atoms with Crippen LogP contribution in [-0.4, -0.2) is 143 Å². The maximum atomic E-state index is 15.4. The van der Waals surface area contributed by atoms with Gasteiger partial charge < -0.3 is 48.9 Å². The van der Waals surface area contributed by atoms with E-state index in [4.69, 9.17) is 39.6 Å². The molecule has 2 aromatic heterocycles. The number of aliphatic hydroxyl groups is 2. The third kappa shape index (κ3) is 11.3. The molecule has 3 aliphatic rings. The summed E-state index contributed by atoms with van der Waals surface area (Å²) in [4.78, 5) is 49.9. The number of carbonyl (C=O) groups excluding carboxylic acids is 3. The largest absolute Gasteiger partial charge is 0.453 e. The lowest BCUT2D eigenvalue weighted by molar-refractivity contribution is -0.323. The molecule has 354 valence electrons. The molecule has 19 heteroatoms. The minimum absolute atomic E-state index is 0.0228. The van der Waals surface area contributed by atoms with Gasteiger partial charge in [0.05, 0.1) is 49.3 Å². The maximum absolute atomic E-state index is 15.4. The molecule has 5 N–H and O–H groups in total. The van der Waals surface area contributed by atoms with Gasteiger partial charge in [-0.1, -0.05) is 48.9 Å². The molecule has 1 aliphatic carbocycles. The van der Waals surface area contributed by atoms with E-state index < -0.39 is 75.0 Å². The van der Waals surface area contributed by atoms with E-state index in [9.17, 15) is 19.8 Å². The molecule has 15 nitrogen and oxygen atoms in total. The molecule has 0 spiro atoms. The van der Waals surface area contributed by atoms with E-state index in [1.807, 2.05) is 44.4 Å². The number of thioether (sulfide) groups is 1. The second-order valence-electron chi connectivity index (χ2n) is 16.1. The molecular weight excluding hydrogens is 1020 g/mol. The first-order chi connectivity index (χ1) is 31.6. The zero-order valence-corrected chi connectivity index (χ0v) is 42.4. The highest BCUT2D eigenvalue weighted by Crippen LogP contribution is 2.46. The number of fused-ring (bicyclic) bond motifs is 3. The minimum atomic E-state index is -1.75. The number of hydrogen-bond acceptors (Lipinski definition) is 15. The summed E-state index contributed by atoms with van der Waals surface area (Å²) in [6.45, 7) is 7.55. The molecule has 66 heavy (non-hydrogen) atoms. The molecule has 9 unspecified atom stereocenters. The van der Waals surface area contributed by atoms with Crippen LogP contribution in [0.15, 0.2) is 65.5 Å². The molecule has 1 aromatic carbocycles. The number of halogens is 1. The number of hydrogen-bond donors (Lipinski definition) is 5. The fraction of sp³-hybridized carbons (Fsp3) is 0.489. The molecular formula is C47H55IN4O11S3. The van der Waals surface area contributed by atoms with Gasteiger partial charge in [0.25, 0.3) is 0 Å². The van der Waals surface area contributed by atoms with Crippen molar-refractivity contribution in [3.8, 4) is 23.7 Å². The first-order valence-electron chi connectivity index (χ1n) is 21.2. The van der Waals surface area contributed by atoms with E-state index in [1.54, 1.807) is 39.5 Å². The summed E-state index contributed by atoms with van der Waals surface area (Å²) in [6.07, 6.45) is -1.19. The molecule has 0 saturated carbocycles. The highest BCUT2D eigenvalue weighted by atomic mass is 127. The van der Waals surface area contributed by atoms with Crippen molar-refractivity contribution in [3.05, 3.63) is 74.8 Å². The monoisotopic (exact) mass is 1070 g/mol. The number of benzene rings is 1. The molecule has 2 aliphatic heterocycles. The van der Waals surface area contributed by atoms with Crippen LogP contribution in [0, 0.1) is 27.3 Å². The first kappa shape index (κ1) is 51.8. The number of rotatable bonds is 14. The summed E-state index contributed by atoms with van der Waals surface area (Å²) >= 11 is 8.83. The van der Waals surface area contributed by atoms with Crippen LogP contribution < -0.4 is 10.6 Å². The Morgan fingerprint density at radius 1 is 1.20 bits per heavy atom. The fourth-order valence-corrected chi connectivity index (χ4v) is 10.6. The molecule has 11 atom stereocenters. The van der Waals surface area contributed by atoms with Crippen LogP contribution in [0.1, 0.15) is 51.0 Å². The van der Waals surface area contributed by atoms with Crippen LogP contribution in [0.25, 0.3) is 21.8 Å². The van der Waals surface area contributed by atoms with Gasteiger partial charge in [-0.3, -0.25) is 19.9 Å². The third-order valence-electron chi connectivity index (χ3n) is 11.5. The number of amides is 1. The fourth-order valence-electron chi connectivity index (χ4n) is 8.45. The molecule has 0 radical (unpaired) electrons. The summed E-state index contributed by atoms with van der Waals surface area (Å²) in [5, 5.41) is 32.1. The molecule has 3 aromatic rings. The van der Waals surface area contributed by atoms with E-state index in [1.165, 1.54) is 12.2 Å². The van der Waals surface area contributed by atoms with Crippen molar-refractivity contribution in [1.82, 2.24) is 20.6 Å². The van der Waals surface area contributed by atoms with Crippen LogP contribution in [-0.2, 0) is 53.9 Å². The molecule has 6 rings (SSSR count). The van der Waals surface area contributed by atoms with Gasteiger partial charge in [0, 0.05) is 63.4 Å². The Morgan fingerprint density at radius 2 is 1.95 bits per heavy atom. The van der Waals surface area contributed by atoms with E-state index in [-0.39, 0.29) is 60.2 Å². The zero-order chi connectivity index (χ0) is 47.9. The van der Waals surface area contributed by atoms with Gasteiger partial charge in [0.2, 0.25) is 5.78 Å². The standard InChI is InChI=1S/C47H55IN4O11S3/c1-9-10-11-12-13-14-35(38-29(18-20-66(8)64)33(53)22-34(54)40(38)52-46(57)59-6)62-45-42(63-37-23-36(58-5)32(24-60-37)50-25(2)3)44(56)47(65-7,26(4)61-45)43(55)41-39-28(17-19-49-41)30-21-27(48)15-16-31(30)51-39/h11-12,15-19,21,25-26,32-33,35-37,42,44-45,50-51,53,56H,20,22-24H2,1-8H3,(H,52,57)/b12-11-,29-18-/t26?,32?,33-,35-,36?,37?,42?,44?,45?,47?,66?/m0/s1. The van der Waals surface area contributed by atoms with E-state index in [2.05, 4.69) is 66.9 Å². The summed E-state index contributed by atoms with van der Waals surface area (Å²) in [6, 6.07) is 7.70. The first-order valence-corrected chi connectivity index (χ1v) is 26.2. The van der Waals surface area contributed by atoms with E-state index in [0.29, 0.717) is 11.3 Å². The molecule has 4 heterocycles. The third-order valence-corrected chi connectivity index (χ3v) is 14.7. The summed E-state index contributed by atoms with van der Waals surface area (Å²) in [5.74, 6) is 10.7. The van der Waals surface area contributed by atoms with E-state index >= 15 is 4.79 Å². The number of H-pyrrole nitrogens is 1. The number of nitrogens with one attached hydrogen (secondary N) is 3. The number of aromatic amines is 1.